The van der Waals surface area contributed by atoms with Crippen molar-refractivity contribution >= 4 is 32.2 Å². The summed E-state index contributed by atoms with van der Waals surface area (Å²) in [7, 11) is -3.87. The van der Waals surface area contributed by atoms with Crippen LogP contribution in [0.15, 0.2) is 58.5 Å². The van der Waals surface area contributed by atoms with Crippen LogP contribution in [0.5, 0.6) is 0 Å². The van der Waals surface area contributed by atoms with Crippen LogP contribution in [-0.2, 0) is 9.84 Å². The highest BCUT2D eigenvalue weighted by Gasteiger charge is 2.28. The number of piperidine rings is 1. The summed E-state index contributed by atoms with van der Waals surface area (Å²) in [5, 5.41) is 9.13. The van der Waals surface area contributed by atoms with Gasteiger partial charge in [-0.25, -0.2) is 13.4 Å². The summed E-state index contributed by atoms with van der Waals surface area (Å²) in [6.07, 6.45) is 2.28. The lowest BCUT2D eigenvalue weighted by atomic mass is 10.00. The number of anilines is 1. The maximum atomic E-state index is 13.5. The van der Waals surface area contributed by atoms with Gasteiger partial charge in [-0.15, -0.1) is 5.10 Å². The summed E-state index contributed by atoms with van der Waals surface area (Å²) < 4.78 is 28.5. The van der Waals surface area contributed by atoms with Gasteiger partial charge in [0.25, 0.3) is 0 Å². The molecule has 0 N–H and O–H groups in total. The maximum absolute atomic E-state index is 13.5. The molecule has 1 aliphatic heterocycles. The van der Waals surface area contributed by atoms with Crippen LogP contribution in [0, 0.1) is 5.92 Å². The Morgan fingerprint density at radius 3 is 2.53 bits per heavy atom. The van der Waals surface area contributed by atoms with E-state index in [-0.39, 0.29) is 15.6 Å². The monoisotopic (exact) mass is 449 g/mol. The second kappa shape index (κ2) is 7.85. The van der Waals surface area contributed by atoms with Gasteiger partial charge in [0.2, 0.25) is 14.9 Å². The standard InChI is InChI=1S/C24H27N5O2S/c1-16(2)18-10-12-19(13-11-18)32(30,31)24-23-25-22(28-14-6-7-17(3)15-28)20-8-4-5-9-21(20)29(23)27-26-24/h4-5,8-13,16-17H,6-7,14-15H2,1-3H3/t17-/m1/s1. The normalized spacial score (nSPS) is 17.5. The molecule has 166 valence electrons. The average Bonchev–Trinajstić information content (AvgIpc) is 3.24. The van der Waals surface area contributed by atoms with Crippen LogP contribution in [0.25, 0.3) is 16.6 Å². The minimum absolute atomic E-state index is 0.105. The van der Waals surface area contributed by atoms with E-state index in [0.29, 0.717) is 11.8 Å². The molecule has 7 nitrogen and oxygen atoms in total. The summed E-state index contributed by atoms with van der Waals surface area (Å²) in [5.41, 5.74) is 2.15. The number of hydrogen-bond donors (Lipinski definition) is 0. The molecule has 0 unspecified atom stereocenters. The van der Waals surface area contributed by atoms with E-state index in [1.807, 2.05) is 36.4 Å². The SMILES string of the molecule is CC(C)c1ccc(S(=O)(=O)c2nnn3c2nc(N2CCC[C@@H](C)C2)c2ccccc23)cc1. The van der Waals surface area contributed by atoms with Gasteiger partial charge >= 0.3 is 0 Å². The van der Waals surface area contributed by atoms with Crippen molar-refractivity contribution in [2.45, 2.75) is 49.5 Å². The van der Waals surface area contributed by atoms with Crippen LogP contribution in [-0.4, -0.2) is 41.3 Å². The molecule has 0 saturated carbocycles. The Labute approximate surface area is 188 Å². The first kappa shape index (κ1) is 20.9. The van der Waals surface area contributed by atoms with Crippen molar-refractivity contribution < 1.29 is 8.42 Å². The summed E-state index contributed by atoms with van der Waals surface area (Å²) in [4.78, 5) is 7.31. The molecule has 1 saturated heterocycles. The maximum Gasteiger partial charge on any atom is 0.229 e. The molecular weight excluding hydrogens is 422 g/mol. The van der Waals surface area contributed by atoms with Crippen LogP contribution in [0.1, 0.15) is 45.1 Å². The molecule has 8 heteroatoms. The number of sulfone groups is 1. The van der Waals surface area contributed by atoms with E-state index in [2.05, 4.69) is 36.0 Å². The molecule has 2 aromatic carbocycles. The summed E-state index contributed by atoms with van der Waals surface area (Å²) >= 11 is 0. The third-order valence-corrected chi connectivity index (χ3v) is 7.94. The molecule has 5 rings (SSSR count). The Morgan fingerprint density at radius 2 is 1.81 bits per heavy atom. The number of aromatic nitrogens is 4. The van der Waals surface area contributed by atoms with E-state index in [0.717, 1.165) is 41.8 Å². The van der Waals surface area contributed by atoms with Gasteiger partial charge in [-0.1, -0.05) is 50.3 Å². The topological polar surface area (TPSA) is 80.5 Å². The first-order valence-electron chi connectivity index (χ1n) is 11.1. The van der Waals surface area contributed by atoms with Crippen molar-refractivity contribution in [1.29, 1.82) is 0 Å². The van der Waals surface area contributed by atoms with Crippen molar-refractivity contribution in [3.63, 3.8) is 0 Å². The van der Waals surface area contributed by atoms with E-state index in [9.17, 15) is 8.42 Å². The number of hydrogen-bond acceptors (Lipinski definition) is 6. The third kappa shape index (κ3) is 3.43. The van der Waals surface area contributed by atoms with E-state index in [1.165, 1.54) is 6.42 Å². The van der Waals surface area contributed by atoms with Gasteiger partial charge in [0.15, 0.2) is 5.65 Å². The van der Waals surface area contributed by atoms with Crippen LogP contribution in [0.4, 0.5) is 5.82 Å². The van der Waals surface area contributed by atoms with E-state index in [4.69, 9.17) is 4.98 Å². The van der Waals surface area contributed by atoms with Crippen LogP contribution in [0.2, 0.25) is 0 Å². The Kier molecular flexibility index (Phi) is 5.12. The number of rotatable bonds is 4. The Morgan fingerprint density at radius 1 is 1.06 bits per heavy atom. The quantitative estimate of drug-likeness (QED) is 0.457. The first-order chi connectivity index (χ1) is 15.4. The van der Waals surface area contributed by atoms with E-state index in [1.54, 1.807) is 16.6 Å². The highest BCUT2D eigenvalue weighted by atomic mass is 32.2. The van der Waals surface area contributed by atoms with Crippen molar-refractivity contribution in [3.8, 4) is 0 Å². The fraction of sp³-hybridized carbons (Fsp3) is 0.375. The molecule has 0 radical (unpaired) electrons. The lowest BCUT2D eigenvalue weighted by Gasteiger charge is -2.32. The van der Waals surface area contributed by atoms with Crippen molar-refractivity contribution in [2.75, 3.05) is 18.0 Å². The Bertz CT molecular complexity index is 1390. The zero-order valence-electron chi connectivity index (χ0n) is 18.6. The molecular formula is C24H27N5O2S. The second-order valence-corrected chi connectivity index (χ2v) is 10.9. The molecule has 3 heterocycles. The van der Waals surface area contributed by atoms with Gasteiger partial charge in [0.05, 0.1) is 10.4 Å². The lowest BCUT2D eigenvalue weighted by Crippen LogP contribution is -2.35. The second-order valence-electron chi connectivity index (χ2n) is 9.00. The van der Waals surface area contributed by atoms with Crippen LogP contribution >= 0.6 is 0 Å². The fourth-order valence-electron chi connectivity index (χ4n) is 4.47. The summed E-state index contributed by atoms with van der Waals surface area (Å²) in [5.74, 6) is 1.68. The smallest absolute Gasteiger partial charge is 0.229 e. The molecule has 0 spiro atoms. The molecule has 0 bridgehead atoms. The third-order valence-electron chi connectivity index (χ3n) is 6.27. The largest absolute Gasteiger partial charge is 0.356 e. The minimum atomic E-state index is -3.87. The van der Waals surface area contributed by atoms with Gasteiger partial charge in [0.1, 0.15) is 5.82 Å². The summed E-state index contributed by atoms with van der Waals surface area (Å²) in [6, 6.07) is 14.8. The minimum Gasteiger partial charge on any atom is -0.356 e. The van der Waals surface area contributed by atoms with Crippen molar-refractivity contribution in [1.82, 2.24) is 19.8 Å². The number of nitrogens with zero attached hydrogens (tertiary/aromatic N) is 5. The fourth-order valence-corrected chi connectivity index (χ4v) is 5.70. The van der Waals surface area contributed by atoms with Gasteiger partial charge in [-0.2, -0.15) is 4.52 Å². The van der Waals surface area contributed by atoms with Crippen LogP contribution < -0.4 is 4.90 Å². The van der Waals surface area contributed by atoms with Gasteiger partial charge < -0.3 is 4.90 Å². The van der Waals surface area contributed by atoms with Crippen molar-refractivity contribution in [3.05, 3.63) is 54.1 Å². The van der Waals surface area contributed by atoms with Crippen molar-refractivity contribution in [2.24, 2.45) is 5.92 Å². The Hall–Kier alpha value is -3.00. The first-order valence-corrected chi connectivity index (χ1v) is 12.6. The van der Waals surface area contributed by atoms with Gasteiger partial charge in [-0.05, 0) is 54.5 Å². The lowest BCUT2D eigenvalue weighted by molar-refractivity contribution is 0.445. The average molecular weight is 450 g/mol. The number of fused-ring (bicyclic) bond motifs is 3. The zero-order chi connectivity index (χ0) is 22.5. The van der Waals surface area contributed by atoms with Crippen LogP contribution in [0.3, 0.4) is 0 Å². The highest BCUT2D eigenvalue weighted by Crippen LogP contribution is 2.32. The van der Waals surface area contributed by atoms with E-state index < -0.39 is 9.84 Å². The predicted octanol–water partition coefficient (Wildman–Crippen LogP) is 4.47. The predicted molar refractivity (Wildman–Crippen MR) is 125 cm³/mol. The molecule has 32 heavy (non-hydrogen) atoms. The van der Waals surface area contributed by atoms with E-state index >= 15 is 0 Å². The molecule has 0 aliphatic carbocycles. The molecule has 1 fully saturated rings. The number of para-hydroxylation sites is 1. The molecule has 1 atom stereocenters. The molecule has 0 amide bonds. The van der Waals surface area contributed by atoms with Gasteiger partial charge in [-0.3, -0.25) is 0 Å². The van der Waals surface area contributed by atoms with Gasteiger partial charge in [0, 0.05) is 18.5 Å². The number of benzene rings is 2. The molecule has 2 aromatic heterocycles. The highest BCUT2D eigenvalue weighted by molar-refractivity contribution is 7.91. The molecule has 4 aromatic rings. The zero-order valence-corrected chi connectivity index (χ0v) is 19.4. The molecule has 1 aliphatic rings. The Balaban J connectivity index is 1.70. The summed E-state index contributed by atoms with van der Waals surface area (Å²) in [6.45, 7) is 8.19.